The van der Waals surface area contributed by atoms with E-state index in [1.165, 1.54) is 20.8 Å². The van der Waals surface area contributed by atoms with E-state index in [-0.39, 0.29) is 96.3 Å². The van der Waals surface area contributed by atoms with Crippen molar-refractivity contribution in [2.45, 2.75) is 273 Å². The van der Waals surface area contributed by atoms with Gasteiger partial charge in [0.05, 0.1) is 32.3 Å². The summed E-state index contributed by atoms with van der Waals surface area (Å²) in [6, 6.07) is -15.4. The topological polar surface area (TPSA) is 934 Å². The van der Waals surface area contributed by atoms with Gasteiger partial charge in [-0.2, -0.15) is 25.3 Å². The van der Waals surface area contributed by atoms with E-state index in [2.05, 4.69) is 137 Å². The number of nitrogens with two attached hydrogens (primary N) is 5. The number of guanidine groups is 3. The second-order valence-electron chi connectivity index (χ2n) is 36.2. The molecular formula is C91H146N30O27S2. The Bertz CT molecular complexity index is 5000. The van der Waals surface area contributed by atoms with Crippen molar-refractivity contribution in [2.75, 3.05) is 57.5 Å². The molecule has 57 nitrogen and oxygen atoms in total. The van der Waals surface area contributed by atoms with Gasteiger partial charge in [0.2, 0.25) is 118 Å². The van der Waals surface area contributed by atoms with Crippen LogP contribution >= 0.6 is 25.3 Å². The normalized spacial score (nSPS) is 15.8. The summed E-state index contributed by atoms with van der Waals surface area (Å²) in [4.78, 5) is 301. The number of benzene rings is 2. The number of carboxylic acids is 2. The highest BCUT2D eigenvalue weighted by molar-refractivity contribution is 7.80. The smallest absolute Gasteiger partial charge is 0.326 e. The average Bonchev–Trinajstić information content (AvgIpc) is 1.69. The van der Waals surface area contributed by atoms with Crippen molar-refractivity contribution in [1.82, 2.24) is 117 Å². The fourth-order valence-corrected chi connectivity index (χ4v) is 15.1. The summed E-state index contributed by atoms with van der Waals surface area (Å²) in [5.41, 5.74) is 28.5. The standard InChI is InChI=1S/C91H146N30O27S2/c1-43(2)34-59(88(147)148)114-86(145)68(44(3)4)120-77(136)55(26-18-32-102-91(98)99)108-70(129)47(7)105-82(141)62(40-124)117-84(143)63(41-149)118-73(132)49(9)106-81(140)61(39-123)116-75(134)54(25-17-31-101-90(96)97)110-78(137)57(35-50-20-12-10-13-21-50)113-79(138)58(36-51-22-14-11-15-23-51)112-74(133)53(24-16-30-100-89(94)95)111-83(142)64(42-150)119-76(135)56(28-29-66(93)125)109-71(130)48(8)104-80(139)60(38-122)115-72(131)46(6)103-69(128)45(5)107-85(144)65-27-19-33-121(65)87(146)52(92)37-67(126)127/h10-15,20-23,43-49,52-65,68,122-124,149-150H,16-19,24-42,92H2,1-9H3,(H2,93,125)(H,103,128)(H,104,139)(H,105,141)(H,106,140)(H,107,144)(H,108,129)(H,109,130)(H,110,137)(H,111,142)(H,112,133)(H,113,138)(H,114,145)(H,115,131)(H,116,134)(H,117,143)(H,118,132)(H,119,135)(H,120,136)(H,126,127)(H,147,148)(H4,94,95,100)(H4,96,97,101)(H4,98,99,102)/t45-,46-,47-,48-,49-,52-,53-,54-,55-,56-,57-,58-,59-,60-,61-,62-,63-,64-,65-,68-/m0/s1. The monoisotopic (exact) mass is 2160 g/mol. The maximum atomic E-state index is 15.2. The zero-order valence-electron chi connectivity index (χ0n) is 84.7. The number of amides is 20. The summed E-state index contributed by atoms with van der Waals surface area (Å²) in [5.74, 6) is -26.6. The Morgan fingerprint density at radius 3 is 0.987 bits per heavy atom. The number of likely N-dealkylation sites (tertiary alicyclic amines) is 1. The first-order valence-electron chi connectivity index (χ1n) is 48.2. The number of aliphatic hydroxyl groups excluding tert-OH is 3. The lowest BCUT2D eigenvalue weighted by Gasteiger charge is -2.28. The highest BCUT2D eigenvalue weighted by Crippen LogP contribution is 2.21. The number of nitrogens with one attached hydrogen (secondary N) is 24. The number of hydrogen-bond acceptors (Lipinski definition) is 31. The Labute approximate surface area is 875 Å². The Morgan fingerprint density at radius 2 is 0.653 bits per heavy atom. The third-order valence-electron chi connectivity index (χ3n) is 23.0. The lowest BCUT2D eigenvalue weighted by atomic mass is 9.99. The quantitative estimate of drug-likeness (QED) is 0.0127. The lowest BCUT2D eigenvalue weighted by Crippen LogP contribution is -2.62. The van der Waals surface area contributed by atoms with E-state index in [1.807, 2.05) is 0 Å². The number of aliphatic hydroxyl groups is 3. The van der Waals surface area contributed by atoms with Crippen LogP contribution in [0.15, 0.2) is 60.7 Å². The second kappa shape index (κ2) is 66.5. The predicted molar refractivity (Wildman–Crippen MR) is 545 cm³/mol. The molecule has 2 aromatic carbocycles. The summed E-state index contributed by atoms with van der Waals surface area (Å²) >= 11 is 8.44. The van der Waals surface area contributed by atoms with Crippen molar-refractivity contribution in [3.63, 3.8) is 0 Å². The first-order chi connectivity index (χ1) is 70.6. The minimum atomic E-state index is -1.92. The van der Waals surface area contributed by atoms with Crippen LogP contribution in [0.3, 0.4) is 0 Å². The average molecular weight is 2160 g/mol. The van der Waals surface area contributed by atoms with E-state index in [0.29, 0.717) is 17.5 Å². The molecule has 1 heterocycles. The van der Waals surface area contributed by atoms with Crippen LogP contribution in [0.2, 0.25) is 0 Å². The molecule has 2 aromatic rings. The number of carbonyl (C=O) groups excluding carboxylic acids is 20. The highest BCUT2D eigenvalue weighted by Gasteiger charge is 2.42. The van der Waals surface area contributed by atoms with Gasteiger partial charge in [-0.25, -0.2) is 4.79 Å². The van der Waals surface area contributed by atoms with Crippen molar-refractivity contribution in [2.24, 2.45) is 40.5 Å². The number of aliphatic carboxylic acids is 2. The van der Waals surface area contributed by atoms with Crippen LogP contribution in [0.25, 0.3) is 0 Å². The molecule has 0 saturated carbocycles. The molecule has 0 aliphatic carbocycles. The van der Waals surface area contributed by atoms with Gasteiger partial charge in [-0.15, -0.1) is 0 Å². The van der Waals surface area contributed by atoms with Crippen LogP contribution in [0.4, 0.5) is 0 Å². The van der Waals surface area contributed by atoms with Crippen molar-refractivity contribution in [1.29, 1.82) is 16.2 Å². The molecule has 0 spiro atoms. The molecule has 59 heteroatoms. The fourth-order valence-electron chi connectivity index (χ4n) is 14.6. The zero-order chi connectivity index (χ0) is 113. The van der Waals surface area contributed by atoms with Gasteiger partial charge < -0.3 is 171 Å². The van der Waals surface area contributed by atoms with Crippen LogP contribution in [-0.2, 0) is 118 Å². The molecule has 0 radical (unpaired) electrons. The number of thiol groups is 2. The van der Waals surface area contributed by atoms with Gasteiger partial charge in [0.15, 0.2) is 17.9 Å². The summed E-state index contributed by atoms with van der Waals surface area (Å²) < 4.78 is 0. The molecule has 834 valence electrons. The molecule has 39 N–H and O–H groups in total. The number of rotatable bonds is 67. The maximum Gasteiger partial charge on any atom is 0.326 e. The molecule has 1 saturated heterocycles. The number of primary amides is 1. The van der Waals surface area contributed by atoms with Crippen molar-refractivity contribution < 1.29 is 131 Å². The Morgan fingerprint density at radius 1 is 0.367 bits per heavy atom. The summed E-state index contributed by atoms with van der Waals surface area (Å²) in [5, 5.41) is 124. The fraction of sp³-hybridized carbons (Fsp3) is 0.593. The zero-order valence-corrected chi connectivity index (χ0v) is 86.5. The number of carbonyl (C=O) groups is 22. The minimum Gasteiger partial charge on any atom is -0.481 e. The van der Waals surface area contributed by atoms with Gasteiger partial charge in [0.25, 0.3) is 0 Å². The van der Waals surface area contributed by atoms with Gasteiger partial charge in [-0.3, -0.25) is 117 Å². The third kappa shape index (κ3) is 46.7. The van der Waals surface area contributed by atoms with Crippen LogP contribution in [0.5, 0.6) is 0 Å². The second-order valence-corrected chi connectivity index (χ2v) is 37.0. The molecule has 20 atom stereocenters. The number of carboxylic acid groups (broad SMARTS) is 2. The molecule has 0 aromatic heterocycles. The Hall–Kier alpha value is -14.9. The van der Waals surface area contributed by atoms with E-state index in [9.17, 15) is 116 Å². The maximum absolute atomic E-state index is 15.2. The molecule has 0 unspecified atom stereocenters. The van der Waals surface area contributed by atoms with Crippen LogP contribution < -0.4 is 140 Å². The van der Waals surface area contributed by atoms with Crippen LogP contribution in [0, 0.1) is 28.1 Å². The molecule has 1 fully saturated rings. The lowest BCUT2D eigenvalue weighted by molar-refractivity contribution is -0.144. The van der Waals surface area contributed by atoms with E-state index in [4.69, 9.17) is 50.0 Å². The van der Waals surface area contributed by atoms with E-state index >= 15 is 9.59 Å². The van der Waals surface area contributed by atoms with E-state index in [1.54, 1.807) is 88.4 Å². The van der Waals surface area contributed by atoms with E-state index < -0.39 is 325 Å². The van der Waals surface area contributed by atoms with Crippen LogP contribution in [0.1, 0.15) is 150 Å². The summed E-state index contributed by atoms with van der Waals surface area (Å²) in [6.07, 6.45) is -2.65. The Kier molecular flexibility index (Phi) is 57.3. The predicted octanol–water partition coefficient (Wildman–Crippen LogP) is -12.2. The Balaban J connectivity index is 1.87. The number of hydrogen-bond donors (Lipinski definition) is 36. The first kappa shape index (κ1) is 129. The number of nitrogens with zero attached hydrogens (tertiary/aromatic N) is 1. The SMILES string of the molecule is CC(C)C[C@H](NC(=O)[C@@H](NC(=O)[C@H](CCCNC(=N)N)NC(=O)[C@H](C)NC(=O)[C@H](CO)NC(=O)[C@H](CS)NC(=O)[C@H](C)NC(=O)[C@H](CO)NC(=O)[C@H](CCCNC(=N)N)NC(=O)[C@H](Cc1ccccc1)NC(=O)[C@H](Cc1ccccc1)NC(=O)[C@H](CCCNC(=N)N)NC(=O)[C@H](CS)NC(=O)[C@H](CCC(N)=O)NC(=O)[C@H](C)NC(=O)[C@H](CO)NC(=O)[C@H](C)NC(=O)[C@H](C)NC(=O)[C@@H]1CCCN1C(=O)[C@@H](N)CC(=O)O)C(C)C)C(=O)O. The molecule has 3 rings (SSSR count). The molecular weight excluding hydrogens is 2010 g/mol. The van der Waals surface area contributed by atoms with Gasteiger partial charge in [0.1, 0.15) is 115 Å². The third-order valence-corrected chi connectivity index (χ3v) is 23.7. The summed E-state index contributed by atoms with van der Waals surface area (Å²) in [7, 11) is 0. The summed E-state index contributed by atoms with van der Waals surface area (Å²) in [6.45, 7) is 9.12. The highest BCUT2D eigenvalue weighted by atomic mass is 32.1. The van der Waals surface area contributed by atoms with Crippen molar-refractivity contribution in [3.8, 4) is 0 Å². The van der Waals surface area contributed by atoms with Gasteiger partial charge in [-0.05, 0) is 122 Å². The minimum absolute atomic E-state index is 0.0421. The molecule has 150 heavy (non-hydrogen) atoms. The van der Waals surface area contributed by atoms with E-state index in [0.717, 1.165) is 18.7 Å². The van der Waals surface area contributed by atoms with Crippen LogP contribution in [-0.4, -0.2) is 357 Å². The molecule has 1 aliphatic rings. The van der Waals surface area contributed by atoms with Crippen molar-refractivity contribution >= 4 is 173 Å². The largest absolute Gasteiger partial charge is 0.481 e. The van der Waals surface area contributed by atoms with Gasteiger partial charge in [-0.1, -0.05) is 88.4 Å². The van der Waals surface area contributed by atoms with Gasteiger partial charge in [0, 0.05) is 56.9 Å². The first-order valence-corrected chi connectivity index (χ1v) is 49.5. The van der Waals surface area contributed by atoms with Crippen molar-refractivity contribution in [3.05, 3.63) is 71.8 Å². The molecule has 20 amide bonds. The molecule has 0 bridgehead atoms. The molecule has 1 aliphatic heterocycles. The van der Waals surface area contributed by atoms with Gasteiger partial charge >= 0.3 is 11.9 Å².